The van der Waals surface area contributed by atoms with Gasteiger partial charge in [0, 0.05) is 25.7 Å². The van der Waals surface area contributed by atoms with Gasteiger partial charge in [-0.25, -0.2) is 0 Å². The van der Waals surface area contributed by atoms with Gasteiger partial charge in [0.15, 0.2) is 0 Å². The minimum atomic E-state index is -0.226. The van der Waals surface area contributed by atoms with E-state index in [1.165, 1.54) is 17.4 Å². The number of anilines is 3. The molecule has 1 fully saturated rings. The van der Waals surface area contributed by atoms with Crippen molar-refractivity contribution in [2.24, 2.45) is 0 Å². The van der Waals surface area contributed by atoms with Crippen LogP contribution in [-0.4, -0.2) is 44.7 Å². The van der Waals surface area contributed by atoms with Gasteiger partial charge < -0.3 is 19.9 Å². The van der Waals surface area contributed by atoms with Crippen LogP contribution in [0.2, 0.25) is 0 Å². The molecule has 1 aliphatic rings. The van der Waals surface area contributed by atoms with Gasteiger partial charge in [-0.15, -0.1) is 0 Å². The van der Waals surface area contributed by atoms with E-state index in [1.54, 1.807) is 0 Å². The molecule has 6 heteroatoms. The summed E-state index contributed by atoms with van der Waals surface area (Å²) in [5.74, 6) is -0.395. The Kier molecular flexibility index (Phi) is 6.66. The van der Waals surface area contributed by atoms with Crippen LogP contribution in [0.1, 0.15) is 19.4 Å². The van der Waals surface area contributed by atoms with Crippen molar-refractivity contribution in [1.82, 2.24) is 0 Å². The summed E-state index contributed by atoms with van der Waals surface area (Å²) in [6, 6.07) is 15.5. The molecule has 0 aliphatic carbocycles. The van der Waals surface area contributed by atoms with E-state index in [-0.39, 0.29) is 18.4 Å². The maximum atomic E-state index is 12.6. The van der Waals surface area contributed by atoms with Gasteiger partial charge in [-0.1, -0.05) is 31.2 Å². The van der Waals surface area contributed by atoms with Gasteiger partial charge in [0.05, 0.1) is 24.6 Å². The summed E-state index contributed by atoms with van der Waals surface area (Å²) < 4.78 is 5.43. The fourth-order valence-electron chi connectivity index (χ4n) is 3.30. The lowest BCUT2D eigenvalue weighted by atomic mass is 10.1. The highest BCUT2D eigenvalue weighted by molar-refractivity contribution is 6.03. The fourth-order valence-corrected chi connectivity index (χ4v) is 3.30. The first-order chi connectivity index (χ1) is 13.6. The van der Waals surface area contributed by atoms with Crippen molar-refractivity contribution in [3.8, 4) is 0 Å². The average molecular weight is 381 g/mol. The molecule has 1 heterocycles. The summed E-state index contributed by atoms with van der Waals surface area (Å²) in [5.41, 5.74) is 3.63. The predicted molar refractivity (Wildman–Crippen MR) is 112 cm³/mol. The summed E-state index contributed by atoms with van der Waals surface area (Å²) in [4.78, 5) is 28.7. The Bertz CT molecular complexity index is 814. The van der Waals surface area contributed by atoms with Crippen molar-refractivity contribution in [3.63, 3.8) is 0 Å². The molecule has 6 nitrogen and oxygen atoms in total. The number of hydrogen-bond acceptors (Lipinski definition) is 4. The molecule has 1 N–H and O–H groups in total. The Morgan fingerprint density at radius 2 is 1.75 bits per heavy atom. The molecule has 1 saturated heterocycles. The number of nitrogens with zero attached hydrogens (tertiary/aromatic N) is 2. The second kappa shape index (κ2) is 9.37. The van der Waals surface area contributed by atoms with Crippen molar-refractivity contribution in [1.29, 1.82) is 0 Å². The zero-order valence-corrected chi connectivity index (χ0v) is 16.5. The predicted octanol–water partition coefficient (Wildman–Crippen LogP) is 3.08. The van der Waals surface area contributed by atoms with Crippen LogP contribution in [0.3, 0.4) is 0 Å². The van der Waals surface area contributed by atoms with Crippen LogP contribution in [0.5, 0.6) is 0 Å². The van der Waals surface area contributed by atoms with E-state index in [0.29, 0.717) is 13.2 Å². The number of carbonyl (C=O) groups is 2. The largest absolute Gasteiger partial charge is 0.378 e. The molecule has 3 rings (SSSR count). The third-order valence-electron chi connectivity index (χ3n) is 4.85. The van der Waals surface area contributed by atoms with E-state index < -0.39 is 0 Å². The molecule has 0 atom stereocenters. The second-order valence-electron chi connectivity index (χ2n) is 6.79. The SMILES string of the molecule is CCc1ccc(NC(=O)CN(C(C)=O)c2ccccc2N2CCOCC2)cc1. The van der Waals surface area contributed by atoms with Gasteiger partial charge in [-0.2, -0.15) is 0 Å². The van der Waals surface area contributed by atoms with Crippen molar-refractivity contribution < 1.29 is 14.3 Å². The summed E-state index contributed by atoms with van der Waals surface area (Å²) >= 11 is 0. The Morgan fingerprint density at radius 1 is 1.07 bits per heavy atom. The number of morpholine rings is 1. The molecule has 148 valence electrons. The number of carbonyl (C=O) groups excluding carboxylic acids is 2. The average Bonchev–Trinajstić information content (AvgIpc) is 2.73. The zero-order chi connectivity index (χ0) is 19.9. The van der Waals surface area contributed by atoms with Crippen LogP contribution < -0.4 is 15.1 Å². The molecule has 0 aromatic heterocycles. The monoisotopic (exact) mass is 381 g/mol. The smallest absolute Gasteiger partial charge is 0.244 e. The summed E-state index contributed by atoms with van der Waals surface area (Å²) in [5, 5.41) is 2.88. The first-order valence-corrected chi connectivity index (χ1v) is 9.67. The van der Waals surface area contributed by atoms with E-state index in [2.05, 4.69) is 17.1 Å². The molecule has 2 aromatic rings. The number of benzene rings is 2. The van der Waals surface area contributed by atoms with Gasteiger partial charge in [-0.3, -0.25) is 9.59 Å². The van der Waals surface area contributed by atoms with Crippen LogP contribution in [0.15, 0.2) is 48.5 Å². The van der Waals surface area contributed by atoms with Gasteiger partial charge in [-0.05, 0) is 36.2 Å². The maximum absolute atomic E-state index is 12.6. The van der Waals surface area contributed by atoms with E-state index in [9.17, 15) is 9.59 Å². The number of hydrogen-bond donors (Lipinski definition) is 1. The fraction of sp³-hybridized carbons (Fsp3) is 0.364. The van der Waals surface area contributed by atoms with Crippen LogP contribution in [0, 0.1) is 0 Å². The quantitative estimate of drug-likeness (QED) is 0.835. The first-order valence-electron chi connectivity index (χ1n) is 9.67. The van der Waals surface area contributed by atoms with E-state index in [0.717, 1.165) is 36.6 Å². The minimum Gasteiger partial charge on any atom is -0.378 e. The third-order valence-corrected chi connectivity index (χ3v) is 4.85. The van der Waals surface area contributed by atoms with Crippen molar-refractivity contribution in [2.45, 2.75) is 20.3 Å². The first kappa shape index (κ1) is 19.9. The maximum Gasteiger partial charge on any atom is 0.244 e. The number of ether oxygens (including phenoxy) is 1. The highest BCUT2D eigenvalue weighted by Gasteiger charge is 2.22. The molecule has 0 unspecified atom stereocenters. The number of rotatable bonds is 6. The molecule has 0 bridgehead atoms. The van der Waals surface area contributed by atoms with Crippen LogP contribution in [0.4, 0.5) is 17.1 Å². The molecule has 1 aliphatic heterocycles. The molecule has 2 aromatic carbocycles. The Balaban J connectivity index is 1.76. The lowest BCUT2D eigenvalue weighted by molar-refractivity contribution is -0.120. The number of nitrogens with one attached hydrogen (secondary N) is 1. The molecule has 2 amide bonds. The molecule has 0 spiro atoms. The van der Waals surface area contributed by atoms with E-state index in [1.807, 2.05) is 48.5 Å². The standard InChI is InChI=1S/C22H27N3O3/c1-3-18-8-10-19(11-9-18)23-22(27)16-25(17(2)26)21-7-5-4-6-20(21)24-12-14-28-15-13-24/h4-11H,3,12-16H2,1-2H3,(H,23,27). The van der Waals surface area contributed by atoms with Crippen molar-refractivity contribution in [2.75, 3.05) is 48.0 Å². The normalized spacial score (nSPS) is 13.9. The highest BCUT2D eigenvalue weighted by Crippen LogP contribution is 2.30. The lowest BCUT2D eigenvalue weighted by Gasteiger charge is -2.33. The number of amides is 2. The molecular weight excluding hydrogens is 354 g/mol. The Morgan fingerprint density at radius 3 is 2.39 bits per heavy atom. The number of aryl methyl sites for hydroxylation is 1. The Hall–Kier alpha value is -2.86. The van der Waals surface area contributed by atoms with Gasteiger partial charge >= 0.3 is 0 Å². The van der Waals surface area contributed by atoms with Crippen LogP contribution in [0.25, 0.3) is 0 Å². The Labute approximate surface area is 166 Å². The lowest BCUT2D eigenvalue weighted by Crippen LogP contribution is -2.40. The molecule has 0 radical (unpaired) electrons. The highest BCUT2D eigenvalue weighted by atomic mass is 16.5. The topological polar surface area (TPSA) is 61.9 Å². The van der Waals surface area contributed by atoms with Crippen molar-refractivity contribution >= 4 is 28.9 Å². The third kappa shape index (κ3) is 4.89. The van der Waals surface area contributed by atoms with Gasteiger partial charge in [0.1, 0.15) is 6.54 Å². The molecule has 0 saturated carbocycles. The van der Waals surface area contributed by atoms with Gasteiger partial charge in [0.25, 0.3) is 0 Å². The second-order valence-corrected chi connectivity index (χ2v) is 6.79. The number of para-hydroxylation sites is 2. The molecular formula is C22H27N3O3. The summed E-state index contributed by atoms with van der Waals surface area (Å²) in [7, 11) is 0. The summed E-state index contributed by atoms with van der Waals surface area (Å²) in [6.45, 7) is 6.37. The van der Waals surface area contributed by atoms with E-state index in [4.69, 9.17) is 4.74 Å². The van der Waals surface area contributed by atoms with Gasteiger partial charge in [0.2, 0.25) is 11.8 Å². The minimum absolute atomic E-state index is 0.0355. The van der Waals surface area contributed by atoms with E-state index >= 15 is 0 Å². The van der Waals surface area contributed by atoms with Crippen LogP contribution >= 0.6 is 0 Å². The zero-order valence-electron chi connectivity index (χ0n) is 16.5. The molecule has 28 heavy (non-hydrogen) atoms. The van der Waals surface area contributed by atoms with Crippen molar-refractivity contribution in [3.05, 3.63) is 54.1 Å². The van der Waals surface area contributed by atoms with Crippen LogP contribution in [-0.2, 0) is 20.7 Å². The summed E-state index contributed by atoms with van der Waals surface area (Å²) in [6.07, 6.45) is 0.949.